The van der Waals surface area contributed by atoms with E-state index in [0.717, 1.165) is 30.4 Å². The van der Waals surface area contributed by atoms with Crippen LogP contribution in [0.15, 0.2) is 60.9 Å². The fourth-order valence-electron chi connectivity index (χ4n) is 2.91. The molecule has 0 heterocycles. The Morgan fingerprint density at radius 1 is 1.11 bits per heavy atom. The molecule has 0 aromatic heterocycles. The highest BCUT2D eigenvalue weighted by atomic mass is 16.5. The molecule has 0 aliphatic rings. The van der Waals surface area contributed by atoms with Crippen LogP contribution in [-0.2, 0) is 4.79 Å². The van der Waals surface area contributed by atoms with E-state index in [1.54, 1.807) is 12.1 Å². The van der Waals surface area contributed by atoms with Crippen molar-refractivity contribution in [2.45, 2.75) is 39.7 Å². The zero-order valence-electron chi connectivity index (χ0n) is 16.3. The number of aliphatic hydroxyl groups excluding tert-OH is 1. The second-order valence-corrected chi connectivity index (χ2v) is 6.88. The molecule has 4 heteroatoms. The molecule has 2 atom stereocenters. The number of hydrogen-bond acceptors (Lipinski definition) is 3. The molecule has 0 fully saturated rings. The molecule has 0 saturated heterocycles. The number of rotatable bonds is 9. The van der Waals surface area contributed by atoms with Gasteiger partial charge in [-0.3, -0.25) is 4.79 Å². The largest absolute Gasteiger partial charge is 0.515 e. The summed E-state index contributed by atoms with van der Waals surface area (Å²) in [5.74, 6) is 0.948. The Bertz CT molecular complexity index is 738. The van der Waals surface area contributed by atoms with E-state index >= 15 is 0 Å². The smallest absolute Gasteiger partial charge is 0.255 e. The summed E-state index contributed by atoms with van der Waals surface area (Å²) in [4.78, 5) is 12.6. The monoisotopic (exact) mass is 367 g/mol. The Kier molecular flexibility index (Phi) is 7.93. The summed E-state index contributed by atoms with van der Waals surface area (Å²) in [6, 6.07) is 16.8. The standard InChI is InChI=1S/C23H29NO3/c1-4-8-17(2)16-27-21-13-11-20(12-14-21)22(15-25)23(26)24-18(3)19-9-6-5-7-10-19/h5-7,9-15,17-18,25H,4,8,16H2,1-3H3,(H,24,26)/t17-,18-/m0/s1. The number of ether oxygens (including phenoxy) is 1. The third-order valence-corrected chi connectivity index (χ3v) is 4.50. The molecule has 0 bridgehead atoms. The van der Waals surface area contributed by atoms with Crippen LogP contribution in [-0.4, -0.2) is 17.6 Å². The highest BCUT2D eigenvalue weighted by molar-refractivity contribution is 6.19. The Morgan fingerprint density at radius 2 is 1.78 bits per heavy atom. The average molecular weight is 367 g/mol. The minimum absolute atomic E-state index is 0.156. The van der Waals surface area contributed by atoms with E-state index < -0.39 is 0 Å². The van der Waals surface area contributed by atoms with Crippen molar-refractivity contribution in [2.75, 3.05) is 6.61 Å². The normalized spacial score (nSPS) is 13.7. The van der Waals surface area contributed by atoms with Crippen LogP contribution < -0.4 is 10.1 Å². The molecule has 0 saturated carbocycles. The maximum atomic E-state index is 12.6. The van der Waals surface area contributed by atoms with Gasteiger partial charge in [-0.1, -0.05) is 62.7 Å². The Morgan fingerprint density at radius 3 is 2.37 bits per heavy atom. The number of carbonyl (C=O) groups is 1. The van der Waals surface area contributed by atoms with Gasteiger partial charge in [-0.25, -0.2) is 0 Å². The number of aliphatic hydroxyl groups is 1. The van der Waals surface area contributed by atoms with Crippen LogP contribution in [0, 0.1) is 5.92 Å². The SMILES string of the molecule is CCC[C@H](C)COc1ccc(C(=CO)C(=O)N[C@@H](C)c2ccccc2)cc1. The summed E-state index contributed by atoms with van der Waals surface area (Å²) < 4.78 is 5.79. The van der Waals surface area contributed by atoms with Crippen molar-refractivity contribution in [2.24, 2.45) is 5.92 Å². The van der Waals surface area contributed by atoms with Crippen LogP contribution >= 0.6 is 0 Å². The number of carbonyl (C=O) groups excluding carboxylic acids is 1. The lowest BCUT2D eigenvalue weighted by Crippen LogP contribution is -2.27. The molecule has 144 valence electrons. The van der Waals surface area contributed by atoms with Crippen LogP contribution in [0.5, 0.6) is 5.75 Å². The van der Waals surface area contributed by atoms with Gasteiger partial charge in [0.25, 0.3) is 5.91 Å². The van der Waals surface area contributed by atoms with Gasteiger partial charge in [-0.2, -0.15) is 0 Å². The number of benzene rings is 2. The quantitative estimate of drug-likeness (QED) is 0.468. The molecular weight excluding hydrogens is 338 g/mol. The van der Waals surface area contributed by atoms with E-state index in [1.165, 1.54) is 0 Å². The van der Waals surface area contributed by atoms with E-state index in [9.17, 15) is 9.90 Å². The van der Waals surface area contributed by atoms with E-state index in [2.05, 4.69) is 19.2 Å². The maximum Gasteiger partial charge on any atom is 0.255 e. The molecular formula is C23H29NO3. The highest BCUT2D eigenvalue weighted by Gasteiger charge is 2.16. The van der Waals surface area contributed by atoms with Gasteiger partial charge in [0.1, 0.15) is 5.75 Å². The van der Waals surface area contributed by atoms with Crippen LogP contribution in [0.25, 0.3) is 5.57 Å². The van der Waals surface area contributed by atoms with Crippen LogP contribution in [0.3, 0.4) is 0 Å². The molecule has 4 nitrogen and oxygen atoms in total. The molecule has 2 rings (SSSR count). The van der Waals surface area contributed by atoms with Crippen molar-refractivity contribution in [1.82, 2.24) is 5.32 Å². The first-order chi connectivity index (χ1) is 13.0. The predicted molar refractivity (Wildman–Crippen MR) is 110 cm³/mol. The van der Waals surface area contributed by atoms with E-state index in [4.69, 9.17) is 4.74 Å². The van der Waals surface area contributed by atoms with Gasteiger partial charge in [0.2, 0.25) is 0 Å². The van der Waals surface area contributed by atoms with Gasteiger partial charge in [0.05, 0.1) is 24.5 Å². The zero-order chi connectivity index (χ0) is 19.6. The first kappa shape index (κ1) is 20.6. The van der Waals surface area contributed by atoms with Gasteiger partial charge in [0, 0.05) is 0 Å². The minimum Gasteiger partial charge on any atom is -0.515 e. The molecule has 0 aliphatic carbocycles. The van der Waals surface area contributed by atoms with Crippen molar-refractivity contribution < 1.29 is 14.6 Å². The van der Waals surface area contributed by atoms with Crippen LogP contribution in [0.2, 0.25) is 0 Å². The lowest BCUT2D eigenvalue weighted by atomic mass is 10.0. The van der Waals surface area contributed by atoms with Crippen LogP contribution in [0.4, 0.5) is 0 Å². The molecule has 1 amide bonds. The van der Waals surface area contributed by atoms with Gasteiger partial charge < -0.3 is 15.2 Å². The van der Waals surface area contributed by atoms with Crippen molar-refractivity contribution in [3.05, 3.63) is 72.0 Å². The van der Waals surface area contributed by atoms with E-state index in [0.29, 0.717) is 18.1 Å². The Labute approximate surface area is 161 Å². The summed E-state index contributed by atoms with van der Waals surface area (Å²) in [6.45, 7) is 6.92. The van der Waals surface area contributed by atoms with Crippen molar-refractivity contribution in [1.29, 1.82) is 0 Å². The highest BCUT2D eigenvalue weighted by Crippen LogP contribution is 2.21. The van der Waals surface area contributed by atoms with E-state index in [1.807, 2.05) is 49.4 Å². The molecule has 0 spiro atoms. The first-order valence-corrected chi connectivity index (χ1v) is 9.48. The zero-order valence-corrected chi connectivity index (χ0v) is 16.3. The Balaban J connectivity index is 1.99. The lowest BCUT2D eigenvalue weighted by Gasteiger charge is -2.16. The molecule has 27 heavy (non-hydrogen) atoms. The van der Waals surface area contributed by atoms with E-state index in [-0.39, 0.29) is 17.5 Å². The number of nitrogens with one attached hydrogen (secondary N) is 1. The summed E-state index contributed by atoms with van der Waals surface area (Å²) in [5.41, 5.74) is 1.88. The third kappa shape index (κ3) is 6.17. The summed E-state index contributed by atoms with van der Waals surface area (Å²) in [7, 11) is 0. The molecule has 2 aromatic rings. The second-order valence-electron chi connectivity index (χ2n) is 6.88. The van der Waals surface area contributed by atoms with Gasteiger partial charge in [-0.05, 0) is 42.5 Å². The average Bonchev–Trinajstić information content (AvgIpc) is 2.69. The van der Waals surface area contributed by atoms with Crippen molar-refractivity contribution in [3.63, 3.8) is 0 Å². The molecule has 0 unspecified atom stereocenters. The predicted octanol–water partition coefficient (Wildman–Crippen LogP) is 5.28. The first-order valence-electron chi connectivity index (χ1n) is 9.48. The fourth-order valence-corrected chi connectivity index (χ4v) is 2.91. The molecule has 0 radical (unpaired) electrons. The van der Waals surface area contributed by atoms with Gasteiger partial charge in [0.15, 0.2) is 0 Å². The fraction of sp³-hybridized carbons (Fsp3) is 0.348. The number of hydrogen-bond donors (Lipinski definition) is 2. The van der Waals surface area contributed by atoms with Crippen molar-refractivity contribution >= 4 is 11.5 Å². The summed E-state index contributed by atoms with van der Waals surface area (Å²) >= 11 is 0. The van der Waals surface area contributed by atoms with Crippen molar-refractivity contribution in [3.8, 4) is 5.75 Å². The minimum atomic E-state index is -0.320. The molecule has 0 aliphatic heterocycles. The van der Waals surface area contributed by atoms with Gasteiger partial charge in [-0.15, -0.1) is 0 Å². The lowest BCUT2D eigenvalue weighted by molar-refractivity contribution is -0.116. The third-order valence-electron chi connectivity index (χ3n) is 4.50. The summed E-state index contributed by atoms with van der Waals surface area (Å²) in [6.07, 6.45) is 3.13. The van der Waals surface area contributed by atoms with Crippen LogP contribution in [0.1, 0.15) is 50.8 Å². The number of amides is 1. The maximum absolute atomic E-state index is 12.6. The molecule has 2 aromatic carbocycles. The molecule has 2 N–H and O–H groups in total. The van der Waals surface area contributed by atoms with Gasteiger partial charge >= 0.3 is 0 Å². The topological polar surface area (TPSA) is 58.6 Å². The second kappa shape index (κ2) is 10.4. The summed E-state index contributed by atoms with van der Waals surface area (Å²) in [5, 5.41) is 12.5. The Hall–Kier alpha value is -2.75.